The number of nitrogens with zero attached hydrogens (tertiary/aromatic N) is 1. The van der Waals surface area contributed by atoms with Crippen molar-refractivity contribution >= 4 is 11.8 Å². The van der Waals surface area contributed by atoms with Gasteiger partial charge in [0.05, 0.1) is 0 Å². The smallest absolute Gasteiger partial charge is 0.0474 e. The number of hydrogen-bond acceptors (Lipinski definition) is 4. The Kier molecular flexibility index (Phi) is 11.9. The molecule has 98 valence electrons. The highest BCUT2D eigenvalue weighted by molar-refractivity contribution is 7.98. The van der Waals surface area contributed by atoms with Gasteiger partial charge in [-0.25, -0.2) is 0 Å². The lowest BCUT2D eigenvalue weighted by Gasteiger charge is -2.26. The first-order chi connectivity index (χ1) is 7.76. The van der Waals surface area contributed by atoms with Crippen molar-refractivity contribution in [3.63, 3.8) is 0 Å². The lowest BCUT2D eigenvalue weighted by molar-refractivity contribution is 0.193. The summed E-state index contributed by atoms with van der Waals surface area (Å²) in [6.45, 7) is 6.38. The van der Waals surface area contributed by atoms with E-state index in [2.05, 4.69) is 30.4 Å². The molecule has 0 amide bonds. The van der Waals surface area contributed by atoms with Crippen LogP contribution in [0.2, 0.25) is 0 Å². The summed E-state index contributed by atoms with van der Waals surface area (Å²) in [7, 11) is 3.98. The van der Waals surface area contributed by atoms with Gasteiger partial charge < -0.3 is 15.0 Å². The molecule has 0 aliphatic rings. The molecule has 0 bridgehead atoms. The van der Waals surface area contributed by atoms with E-state index in [0.717, 1.165) is 38.7 Å². The van der Waals surface area contributed by atoms with Gasteiger partial charge in [-0.2, -0.15) is 11.8 Å². The van der Waals surface area contributed by atoms with Crippen LogP contribution >= 0.6 is 11.8 Å². The van der Waals surface area contributed by atoms with E-state index >= 15 is 0 Å². The van der Waals surface area contributed by atoms with Crippen LogP contribution in [0.3, 0.4) is 0 Å². The summed E-state index contributed by atoms with van der Waals surface area (Å²) in [5.41, 5.74) is 0. The molecule has 0 radical (unpaired) electrons. The second-order valence-electron chi connectivity index (χ2n) is 4.09. The van der Waals surface area contributed by atoms with Gasteiger partial charge in [0, 0.05) is 38.6 Å². The van der Waals surface area contributed by atoms with Gasteiger partial charge in [-0.3, -0.25) is 0 Å². The van der Waals surface area contributed by atoms with Crippen LogP contribution in [0.4, 0.5) is 0 Å². The minimum atomic E-state index is 0.718. The number of likely N-dealkylation sites (N-methyl/N-ethyl adjacent to an activating group) is 1. The molecule has 1 unspecified atom stereocenters. The van der Waals surface area contributed by atoms with E-state index in [1.165, 1.54) is 12.2 Å². The quantitative estimate of drug-likeness (QED) is 0.562. The van der Waals surface area contributed by atoms with Crippen molar-refractivity contribution in [2.75, 3.05) is 52.4 Å². The summed E-state index contributed by atoms with van der Waals surface area (Å²) >= 11 is 1.93. The zero-order valence-electron chi connectivity index (χ0n) is 11.3. The average molecular weight is 248 g/mol. The van der Waals surface area contributed by atoms with Crippen LogP contribution in [0.1, 0.15) is 19.8 Å². The topological polar surface area (TPSA) is 24.5 Å². The second kappa shape index (κ2) is 11.7. The molecule has 0 heterocycles. The standard InChI is InChI=1S/C12H28N2OS/c1-5-12(11-16-4)14(2)9-8-13-7-6-10-15-3/h12-13H,5-11H2,1-4H3. The van der Waals surface area contributed by atoms with Gasteiger partial charge >= 0.3 is 0 Å². The molecule has 1 atom stereocenters. The molecule has 0 aromatic rings. The van der Waals surface area contributed by atoms with E-state index in [9.17, 15) is 0 Å². The molecule has 0 rings (SSSR count). The van der Waals surface area contributed by atoms with E-state index in [4.69, 9.17) is 4.74 Å². The molecule has 0 aromatic heterocycles. The van der Waals surface area contributed by atoms with Crippen molar-refractivity contribution in [1.82, 2.24) is 10.2 Å². The van der Waals surface area contributed by atoms with Gasteiger partial charge in [0.1, 0.15) is 0 Å². The predicted octanol–water partition coefficient (Wildman–Crippen LogP) is 1.69. The van der Waals surface area contributed by atoms with E-state index < -0.39 is 0 Å². The van der Waals surface area contributed by atoms with E-state index in [0.29, 0.717) is 0 Å². The first-order valence-electron chi connectivity index (χ1n) is 6.15. The van der Waals surface area contributed by atoms with Crippen LogP contribution in [0.25, 0.3) is 0 Å². The molecule has 0 saturated heterocycles. The van der Waals surface area contributed by atoms with Crippen LogP contribution in [-0.4, -0.2) is 63.3 Å². The minimum Gasteiger partial charge on any atom is -0.385 e. The molecule has 0 aromatic carbocycles. The van der Waals surface area contributed by atoms with Crippen LogP contribution in [0.15, 0.2) is 0 Å². The lowest BCUT2D eigenvalue weighted by Crippen LogP contribution is -2.38. The van der Waals surface area contributed by atoms with Gasteiger partial charge in [-0.1, -0.05) is 6.92 Å². The molecule has 16 heavy (non-hydrogen) atoms. The maximum absolute atomic E-state index is 5.00. The monoisotopic (exact) mass is 248 g/mol. The maximum atomic E-state index is 5.00. The fourth-order valence-corrected chi connectivity index (χ4v) is 2.53. The maximum Gasteiger partial charge on any atom is 0.0474 e. The molecular formula is C12H28N2OS. The Balaban J connectivity index is 3.43. The Morgan fingerprint density at radius 2 is 2.12 bits per heavy atom. The Morgan fingerprint density at radius 3 is 2.69 bits per heavy atom. The van der Waals surface area contributed by atoms with E-state index in [1.54, 1.807) is 7.11 Å². The fourth-order valence-electron chi connectivity index (χ4n) is 1.65. The average Bonchev–Trinajstić information content (AvgIpc) is 2.30. The Hall–Kier alpha value is 0.230. The lowest BCUT2D eigenvalue weighted by atomic mass is 10.2. The normalized spacial score (nSPS) is 13.3. The molecule has 0 aliphatic heterocycles. The Bertz CT molecular complexity index is 147. The number of thioether (sulfide) groups is 1. The first kappa shape index (κ1) is 16.2. The number of methoxy groups -OCH3 is 1. The number of ether oxygens (including phenoxy) is 1. The molecule has 0 saturated carbocycles. The molecule has 3 nitrogen and oxygen atoms in total. The van der Waals surface area contributed by atoms with E-state index in [1.807, 2.05) is 11.8 Å². The van der Waals surface area contributed by atoms with E-state index in [-0.39, 0.29) is 0 Å². The van der Waals surface area contributed by atoms with Crippen molar-refractivity contribution in [2.24, 2.45) is 0 Å². The van der Waals surface area contributed by atoms with Crippen LogP contribution in [0.5, 0.6) is 0 Å². The third kappa shape index (κ3) is 8.39. The Morgan fingerprint density at radius 1 is 1.38 bits per heavy atom. The highest BCUT2D eigenvalue weighted by atomic mass is 32.2. The summed E-state index contributed by atoms with van der Waals surface area (Å²) in [4.78, 5) is 2.46. The van der Waals surface area contributed by atoms with Crippen molar-refractivity contribution in [2.45, 2.75) is 25.8 Å². The van der Waals surface area contributed by atoms with Gasteiger partial charge in [-0.15, -0.1) is 0 Å². The summed E-state index contributed by atoms with van der Waals surface area (Å²) < 4.78 is 5.00. The van der Waals surface area contributed by atoms with Crippen LogP contribution in [-0.2, 0) is 4.74 Å². The fraction of sp³-hybridized carbons (Fsp3) is 1.00. The molecule has 0 aliphatic carbocycles. The highest BCUT2D eigenvalue weighted by Gasteiger charge is 2.10. The second-order valence-corrected chi connectivity index (χ2v) is 5.01. The summed E-state index contributed by atoms with van der Waals surface area (Å²) in [6.07, 6.45) is 4.52. The highest BCUT2D eigenvalue weighted by Crippen LogP contribution is 2.07. The number of hydrogen-bond donors (Lipinski definition) is 1. The van der Waals surface area contributed by atoms with Crippen molar-refractivity contribution in [1.29, 1.82) is 0 Å². The third-order valence-electron chi connectivity index (χ3n) is 2.80. The zero-order valence-corrected chi connectivity index (χ0v) is 12.1. The van der Waals surface area contributed by atoms with Crippen molar-refractivity contribution in [3.05, 3.63) is 0 Å². The van der Waals surface area contributed by atoms with Crippen LogP contribution < -0.4 is 5.32 Å². The van der Waals surface area contributed by atoms with Crippen molar-refractivity contribution in [3.8, 4) is 0 Å². The molecule has 0 fully saturated rings. The minimum absolute atomic E-state index is 0.718. The van der Waals surface area contributed by atoms with Gasteiger partial charge in [0.25, 0.3) is 0 Å². The molecule has 1 N–H and O–H groups in total. The molecular weight excluding hydrogens is 220 g/mol. The van der Waals surface area contributed by atoms with Gasteiger partial charge in [-0.05, 0) is 32.7 Å². The predicted molar refractivity (Wildman–Crippen MR) is 74.5 cm³/mol. The zero-order chi connectivity index (χ0) is 12.2. The number of rotatable bonds is 11. The summed E-state index contributed by atoms with van der Waals surface area (Å²) in [5.74, 6) is 1.23. The summed E-state index contributed by atoms with van der Waals surface area (Å²) in [5, 5.41) is 3.44. The van der Waals surface area contributed by atoms with Crippen molar-refractivity contribution < 1.29 is 4.74 Å². The molecule has 0 spiro atoms. The first-order valence-corrected chi connectivity index (χ1v) is 7.54. The van der Waals surface area contributed by atoms with Crippen LogP contribution in [0, 0.1) is 0 Å². The molecule has 4 heteroatoms. The van der Waals surface area contributed by atoms with Gasteiger partial charge in [0.15, 0.2) is 0 Å². The largest absolute Gasteiger partial charge is 0.385 e. The summed E-state index contributed by atoms with van der Waals surface area (Å²) in [6, 6.07) is 0.718. The third-order valence-corrected chi connectivity index (χ3v) is 3.52. The van der Waals surface area contributed by atoms with Gasteiger partial charge in [0.2, 0.25) is 0 Å². The number of nitrogens with one attached hydrogen (secondary N) is 1. The Labute approximate surface area is 105 Å². The SMILES string of the molecule is CCC(CSC)N(C)CCNCCCOC.